The Balaban J connectivity index is 3.36. The van der Waals surface area contributed by atoms with Gasteiger partial charge in [0, 0.05) is 6.42 Å². The van der Waals surface area contributed by atoms with E-state index in [1.54, 1.807) is 0 Å². The molecule has 2 atom stereocenters. The number of aliphatic hydroxyl groups excluding tert-OH is 2. The van der Waals surface area contributed by atoms with Crippen LogP contribution in [0.5, 0.6) is 0 Å². The van der Waals surface area contributed by atoms with Crippen molar-refractivity contribution in [3.05, 3.63) is 0 Å². The van der Waals surface area contributed by atoms with Crippen LogP contribution in [0.15, 0.2) is 0 Å². The summed E-state index contributed by atoms with van der Waals surface area (Å²) in [5.41, 5.74) is 0. The third kappa shape index (κ3) is 60.1. The molecule has 0 saturated carbocycles. The van der Waals surface area contributed by atoms with Crippen molar-refractivity contribution >= 4 is 5.91 Å². The van der Waals surface area contributed by atoms with Crippen LogP contribution in [0.25, 0.3) is 0 Å². The number of rotatable bonds is 64. The van der Waals surface area contributed by atoms with Gasteiger partial charge >= 0.3 is 0 Å². The topological polar surface area (TPSA) is 69.6 Å². The molecule has 0 aromatic heterocycles. The summed E-state index contributed by atoms with van der Waals surface area (Å²) in [6.07, 6.45) is 83.0. The van der Waals surface area contributed by atoms with Gasteiger partial charge in [-0.25, -0.2) is 0 Å². The first-order valence-electron chi connectivity index (χ1n) is 33.7. The monoisotopic (exact) mass is 1000 g/mol. The van der Waals surface area contributed by atoms with Crippen molar-refractivity contribution in [2.75, 3.05) is 6.61 Å². The van der Waals surface area contributed by atoms with E-state index < -0.39 is 12.1 Å². The highest BCUT2D eigenvalue weighted by Crippen LogP contribution is 2.20. The quantitative estimate of drug-likeness (QED) is 0.0532. The molecule has 0 rings (SSSR count). The molecule has 4 nitrogen and oxygen atoms in total. The van der Waals surface area contributed by atoms with E-state index in [1.807, 2.05) is 0 Å². The first kappa shape index (κ1) is 70.4. The number of nitrogens with one attached hydrogen (secondary N) is 1. The van der Waals surface area contributed by atoms with Crippen molar-refractivity contribution in [3.63, 3.8) is 0 Å². The smallest absolute Gasteiger partial charge is 0.220 e. The third-order valence-corrected chi connectivity index (χ3v) is 16.4. The molecule has 0 aromatic carbocycles. The summed E-state index contributed by atoms with van der Waals surface area (Å²) in [5, 5.41) is 23.5. The summed E-state index contributed by atoms with van der Waals surface area (Å²) in [4.78, 5) is 12.5. The standard InChI is InChI=1S/C67H135NO3/c1-3-5-7-9-11-13-15-17-19-21-23-25-27-29-31-33-35-37-39-41-43-45-47-49-51-53-55-57-59-61-63-67(71)68-65(64-69)66(70)62-60-58-56-54-52-50-48-46-44-42-40-38-36-34-32-30-28-26-24-22-20-18-16-14-12-10-8-6-4-2/h65-66,69-70H,3-64H2,1-2H3,(H,68,71). The Morgan fingerprint density at radius 1 is 0.282 bits per heavy atom. The van der Waals surface area contributed by atoms with Gasteiger partial charge in [0.05, 0.1) is 18.8 Å². The normalized spacial score (nSPS) is 12.6. The van der Waals surface area contributed by atoms with Crippen molar-refractivity contribution < 1.29 is 15.0 Å². The van der Waals surface area contributed by atoms with Gasteiger partial charge in [0.1, 0.15) is 0 Å². The maximum absolute atomic E-state index is 12.5. The molecule has 0 aromatic rings. The Morgan fingerprint density at radius 2 is 0.451 bits per heavy atom. The van der Waals surface area contributed by atoms with E-state index in [0.29, 0.717) is 12.8 Å². The lowest BCUT2D eigenvalue weighted by atomic mass is 10.0. The lowest BCUT2D eigenvalue weighted by molar-refractivity contribution is -0.123. The van der Waals surface area contributed by atoms with Gasteiger partial charge in [-0.05, 0) is 12.8 Å². The minimum atomic E-state index is -0.656. The Labute approximate surface area is 448 Å². The molecule has 1 amide bonds. The van der Waals surface area contributed by atoms with Crippen LogP contribution in [0.2, 0.25) is 0 Å². The fourth-order valence-electron chi connectivity index (χ4n) is 11.3. The molecule has 2 unspecified atom stereocenters. The zero-order valence-corrected chi connectivity index (χ0v) is 49.3. The highest BCUT2D eigenvalue weighted by molar-refractivity contribution is 5.76. The molecule has 4 heteroatoms. The van der Waals surface area contributed by atoms with Crippen LogP contribution in [0.4, 0.5) is 0 Å². The maximum Gasteiger partial charge on any atom is 0.220 e. The van der Waals surface area contributed by atoms with E-state index in [2.05, 4.69) is 19.2 Å². The largest absolute Gasteiger partial charge is 0.394 e. The highest BCUT2D eigenvalue weighted by atomic mass is 16.3. The van der Waals surface area contributed by atoms with Crippen molar-refractivity contribution in [1.82, 2.24) is 5.32 Å². The number of hydrogen-bond donors (Lipinski definition) is 3. The van der Waals surface area contributed by atoms with Gasteiger partial charge in [-0.3, -0.25) is 4.79 Å². The molecule has 426 valence electrons. The van der Waals surface area contributed by atoms with Crippen LogP contribution in [0, 0.1) is 0 Å². The van der Waals surface area contributed by atoms with Crippen LogP contribution in [0.3, 0.4) is 0 Å². The lowest BCUT2D eigenvalue weighted by Crippen LogP contribution is -2.45. The number of amides is 1. The van der Waals surface area contributed by atoms with Crippen molar-refractivity contribution in [1.29, 1.82) is 0 Å². The number of hydrogen-bond acceptors (Lipinski definition) is 3. The molecule has 0 spiro atoms. The van der Waals surface area contributed by atoms with E-state index in [0.717, 1.165) is 25.7 Å². The van der Waals surface area contributed by atoms with Crippen LogP contribution in [-0.4, -0.2) is 34.9 Å². The molecule has 0 aliphatic rings. The molecule has 0 radical (unpaired) electrons. The summed E-state index contributed by atoms with van der Waals surface area (Å²) in [5.74, 6) is -0.0195. The minimum Gasteiger partial charge on any atom is -0.394 e. The number of carbonyl (C=O) groups is 1. The highest BCUT2D eigenvalue weighted by Gasteiger charge is 2.20. The second-order valence-electron chi connectivity index (χ2n) is 23.6. The average Bonchev–Trinajstić information content (AvgIpc) is 3.37. The second kappa shape index (κ2) is 63.7. The molecule has 71 heavy (non-hydrogen) atoms. The first-order chi connectivity index (χ1) is 35.2. The number of aliphatic hydroxyl groups is 2. The molecule has 0 aliphatic heterocycles. The Hall–Kier alpha value is -0.610. The van der Waals surface area contributed by atoms with Gasteiger partial charge in [0.25, 0.3) is 0 Å². The molecule has 0 aliphatic carbocycles. The second-order valence-corrected chi connectivity index (χ2v) is 23.6. The Morgan fingerprint density at radius 3 is 0.634 bits per heavy atom. The summed E-state index contributed by atoms with van der Waals surface area (Å²) in [6.45, 7) is 4.42. The van der Waals surface area contributed by atoms with Crippen LogP contribution < -0.4 is 5.32 Å². The average molecular weight is 1000 g/mol. The fourth-order valence-corrected chi connectivity index (χ4v) is 11.3. The van der Waals surface area contributed by atoms with Gasteiger partial charge < -0.3 is 15.5 Å². The van der Waals surface area contributed by atoms with Gasteiger partial charge in [-0.1, -0.05) is 386 Å². The van der Waals surface area contributed by atoms with Crippen LogP contribution in [0.1, 0.15) is 406 Å². The summed E-state index contributed by atoms with van der Waals surface area (Å²) in [6, 6.07) is -0.533. The van der Waals surface area contributed by atoms with E-state index in [-0.39, 0.29) is 12.5 Å². The van der Waals surface area contributed by atoms with Crippen molar-refractivity contribution in [2.24, 2.45) is 0 Å². The van der Waals surface area contributed by atoms with Gasteiger partial charge in [0.2, 0.25) is 5.91 Å². The molecular formula is C67H135NO3. The predicted octanol–water partition coefficient (Wildman–Crippen LogP) is 22.7. The molecular weight excluding hydrogens is 867 g/mol. The van der Waals surface area contributed by atoms with Gasteiger partial charge in [-0.2, -0.15) is 0 Å². The van der Waals surface area contributed by atoms with E-state index >= 15 is 0 Å². The van der Waals surface area contributed by atoms with Gasteiger partial charge in [-0.15, -0.1) is 0 Å². The van der Waals surface area contributed by atoms with E-state index in [1.165, 1.54) is 353 Å². The molecule has 0 fully saturated rings. The Bertz CT molecular complexity index is 956. The fraction of sp³-hybridized carbons (Fsp3) is 0.985. The number of unbranched alkanes of at least 4 members (excludes halogenated alkanes) is 57. The summed E-state index contributed by atoms with van der Waals surface area (Å²) in [7, 11) is 0. The zero-order chi connectivity index (χ0) is 51.3. The van der Waals surface area contributed by atoms with Gasteiger partial charge in [0.15, 0.2) is 0 Å². The van der Waals surface area contributed by atoms with E-state index in [9.17, 15) is 15.0 Å². The van der Waals surface area contributed by atoms with Crippen LogP contribution in [-0.2, 0) is 4.79 Å². The predicted molar refractivity (Wildman–Crippen MR) is 318 cm³/mol. The van der Waals surface area contributed by atoms with Crippen molar-refractivity contribution in [2.45, 2.75) is 418 Å². The maximum atomic E-state index is 12.5. The zero-order valence-electron chi connectivity index (χ0n) is 49.3. The summed E-state index contributed by atoms with van der Waals surface area (Å²) >= 11 is 0. The molecule has 3 N–H and O–H groups in total. The minimum absolute atomic E-state index is 0.0195. The molecule has 0 bridgehead atoms. The summed E-state index contributed by atoms with van der Waals surface area (Å²) < 4.78 is 0. The van der Waals surface area contributed by atoms with Crippen molar-refractivity contribution in [3.8, 4) is 0 Å². The number of carbonyl (C=O) groups excluding carboxylic acids is 1. The lowest BCUT2D eigenvalue weighted by Gasteiger charge is -2.22. The van der Waals surface area contributed by atoms with Crippen LogP contribution >= 0.6 is 0 Å². The molecule has 0 saturated heterocycles. The Kier molecular flexibility index (Phi) is 63.1. The SMILES string of the molecule is CCCCCCCCCCCCCCCCCCCCCCCCCCCCCCCCC(=O)NC(CO)C(O)CCCCCCCCCCCCCCCCCCCCCCCCCCCCCCC. The first-order valence-corrected chi connectivity index (χ1v) is 33.7. The third-order valence-electron chi connectivity index (χ3n) is 16.4. The molecule has 0 heterocycles. The van der Waals surface area contributed by atoms with E-state index in [4.69, 9.17) is 0 Å².